The summed E-state index contributed by atoms with van der Waals surface area (Å²) in [6, 6.07) is 9.43. The quantitative estimate of drug-likeness (QED) is 0.701. The van der Waals surface area contributed by atoms with Gasteiger partial charge in [-0.15, -0.1) is 0 Å². The average Bonchev–Trinajstić information content (AvgIpc) is 2.40. The second-order valence-electron chi connectivity index (χ2n) is 4.34. The van der Waals surface area contributed by atoms with Crippen molar-refractivity contribution in [2.24, 2.45) is 0 Å². The fourth-order valence-electron chi connectivity index (χ4n) is 1.79. The zero-order valence-electron chi connectivity index (χ0n) is 10.5. The Kier molecular flexibility index (Phi) is 3.99. The Labute approximate surface area is 122 Å². The van der Waals surface area contributed by atoms with Gasteiger partial charge in [0.1, 0.15) is 0 Å². The van der Waals surface area contributed by atoms with Gasteiger partial charge in [-0.05, 0) is 46.6 Å². The zero-order chi connectivity index (χ0) is 14.9. The lowest BCUT2D eigenvalue weighted by Crippen LogP contribution is -2.07. The molecule has 0 saturated heterocycles. The van der Waals surface area contributed by atoms with Gasteiger partial charge >= 0.3 is 6.18 Å². The molecule has 0 atom stereocenters. The normalized spacial score (nSPS) is 11.4. The fraction of sp³-hybridized carbons (Fsp3) is 0.133. The SMILES string of the molecule is Cc1cccc(C(=O)c2ccc(C(F)(F)F)cc2)c1Br. The predicted molar refractivity (Wildman–Crippen MR) is 73.8 cm³/mol. The number of halogens is 4. The van der Waals surface area contributed by atoms with Crippen molar-refractivity contribution >= 4 is 21.7 Å². The molecule has 0 radical (unpaired) electrons. The van der Waals surface area contributed by atoms with Crippen molar-refractivity contribution in [2.45, 2.75) is 13.1 Å². The minimum Gasteiger partial charge on any atom is -0.289 e. The van der Waals surface area contributed by atoms with E-state index >= 15 is 0 Å². The fourth-order valence-corrected chi connectivity index (χ4v) is 2.23. The molecule has 0 fully saturated rings. The highest BCUT2D eigenvalue weighted by molar-refractivity contribution is 9.10. The van der Waals surface area contributed by atoms with Gasteiger partial charge in [-0.25, -0.2) is 0 Å². The van der Waals surface area contributed by atoms with Crippen molar-refractivity contribution in [3.8, 4) is 0 Å². The monoisotopic (exact) mass is 342 g/mol. The Morgan fingerprint density at radius 1 is 1.05 bits per heavy atom. The van der Waals surface area contributed by atoms with Crippen molar-refractivity contribution in [2.75, 3.05) is 0 Å². The summed E-state index contributed by atoms with van der Waals surface area (Å²) >= 11 is 3.32. The van der Waals surface area contributed by atoms with E-state index in [2.05, 4.69) is 15.9 Å². The number of carbonyl (C=O) groups excluding carboxylic acids is 1. The van der Waals surface area contributed by atoms with E-state index in [9.17, 15) is 18.0 Å². The van der Waals surface area contributed by atoms with Crippen LogP contribution in [-0.2, 0) is 6.18 Å². The van der Waals surface area contributed by atoms with Crippen LogP contribution in [0.25, 0.3) is 0 Å². The molecule has 0 saturated carbocycles. The van der Waals surface area contributed by atoms with Gasteiger partial charge in [-0.2, -0.15) is 13.2 Å². The minimum atomic E-state index is -4.40. The molecule has 0 bridgehead atoms. The number of hydrogen-bond acceptors (Lipinski definition) is 1. The van der Waals surface area contributed by atoms with Crippen molar-refractivity contribution in [3.05, 3.63) is 69.2 Å². The lowest BCUT2D eigenvalue weighted by molar-refractivity contribution is -0.137. The van der Waals surface area contributed by atoms with Gasteiger partial charge in [0.2, 0.25) is 0 Å². The van der Waals surface area contributed by atoms with Gasteiger partial charge in [-0.1, -0.05) is 24.3 Å². The van der Waals surface area contributed by atoms with Gasteiger partial charge in [0.25, 0.3) is 0 Å². The molecule has 0 spiro atoms. The number of benzene rings is 2. The summed E-state index contributed by atoms with van der Waals surface area (Å²) in [6.45, 7) is 1.84. The zero-order valence-corrected chi connectivity index (χ0v) is 12.0. The van der Waals surface area contributed by atoms with E-state index in [1.54, 1.807) is 12.1 Å². The molecule has 2 rings (SSSR count). The standard InChI is InChI=1S/C15H10BrF3O/c1-9-3-2-4-12(13(9)16)14(20)10-5-7-11(8-6-10)15(17,18)19/h2-8H,1H3. The maximum absolute atomic E-state index is 12.5. The molecular weight excluding hydrogens is 333 g/mol. The highest BCUT2D eigenvalue weighted by Gasteiger charge is 2.30. The van der Waals surface area contributed by atoms with E-state index in [1.807, 2.05) is 13.0 Å². The van der Waals surface area contributed by atoms with Crippen molar-refractivity contribution in [1.82, 2.24) is 0 Å². The number of aryl methyl sites for hydroxylation is 1. The second kappa shape index (κ2) is 5.40. The van der Waals surface area contributed by atoms with Crippen LogP contribution in [0.3, 0.4) is 0 Å². The van der Waals surface area contributed by atoms with Crippen LogP contribution < -0.4 is 0 Å². The molecule has 0 aliphatic rings. The third kappa shape index (κ3) is 2.93. The van der Waals surface area contributed by atoms with Crippen molar-refractivity contribution in [3.63, 3.8) is 0 Å². The summed E-state index contributed by atoms with van der Waals surface area (Å²) < 4.78 is 38.1. The Bertz CT molecular complexity index is 645. The van der Waals surface area contributed by atoms with Crippen molar-refractivity contribution in [1.29, 1.82) is 0 Å². The molecular formula is C15H10BrF3O. The molecule has 0 aliphatic heterocycles. The van der Waals surface area contributed by atoms with E-state index in [4.69, 9.17) is 0 Å². The second-order valence-corrected chi connectivity index (χ2v) is 5.13. The topological polar surface area (TPSA) is 17.1 Å². The van der Waals surface area contributed by atoms with Crippen molar-refractivity contribution < 1.29 is 18.0 Å². The molecule has 0 N–H and O–H groups in total. The number of alkyl halides is 3. The number of rotatable bonds is 2. The van der Waals surface area contributed by atoms with E-state index < -0.39 is 11.7 Å². The Morgan fingerprint density at radius 3 is 2.20 bits per heavy atom. The van der Waals surface area contributed by atoms with Gasteiger partial charge in [-0.3, -0.25) is 4.79 Å². The highest BCUT2D eigenvalue weighted by Crippen LogP contribution is 2.30. The van der Waals surface area contributed by atoms with E-state index in [0.717, 1.165) is 17.7 Å². The average molecular weight is 343 g/mol. The third-order valence-electron chi connectivity index (χ3n) is 2.91. The first-order valence-corrected chi connectivity index (χ1v) is 6.57. The summed E-state index contributed by atoms with van der Waals surface area (Å²) in [6.07, 6.45) is -4.40. The summed E-state index contributed by atoms with van der Waals surface area (Å²) in [4.78, 5) is 12.3. The largest absolute Gasteiger partial charge is 0.416 e. The maximum atomic E-state index is 12.5. The Hall–Kier alpha value is -1.62. The molecule has 104 valence electrons. The van der Waals surface area contributed by atoms with Crippen LogP contribution in [0, 0.1) is 6.92 Å². The van der Waals surface area contributed by atoms with Gasteiger partial charge in [0.05, 0.1) is 5.56 Å². The van der Waals surface area contributed by atoms with Crippen LogP contribution in [0.5, 0.6) is 0 Å². The third-order valence-corrected chi connectivity index (χ3v) is 3.96. The summed E-state index contributed by atoms with van der Waals surface area (Å²) in [5.41, 5.74) is 0.786. The molecule has 2 aromatic rings. The molecule has 0 amide bonds. The molecule has 0 unspecified atom stereocenters. The number of carbonyl (C=O) groups is 1. The van der Waals surface area contributed by atoms with E-state index in [0.29, 0.717) is 10.0 Å². The predicted octanol–water partition coefficient (Wildman–Crippen LogP) is 5.01. The number of ketones is 1. The Morgan fingerprint density at radius 2 is 1.65 bits per heavy atom. The van der Waals surface area contributed by atoms with Crippen LogP contribution in [0.2, 0.25) is 0 Å². The van der Waals surface area contributed by atoms with Crippen LogP contribution in [0.1, 0.15) is 27.0 Å². The number of hydrogen-bond donors (Lipinski definition) is 0. The summed E-state index contributed by atoms with van der Waals surface area (Å²) in [7, 11) is 0. The van der Waals surface area contributed by atoms with Crippen LogP contribution in [0.15, 0.2) is 46.9 Å². The van der Waals surface area contributed by atoms with Gasteiger partial charge in [0.15, 0.2) is 5.78 Å². The molecule has 20 heavy (non-hydrogen) atoms. The van der Waals surface area contributed by atoms with Gasteiger partial charge in [0, 0.05) is 15.6 Å². The van der Waals surface area contributed by atoms with E-state index in [-0.39, 0.29) is 11.3 Å². The maximum Gasteiger partial charge on any atom is 0.416 e. The van der Waals surface area contributed by atoms with Crippen LogP contribution in [0.4, 0.5) is 13.2 Å². The smallest absolute Gasteiger partial charge is 0.289 e. The van der Waals surface area contributed by atoms with Gasteiger partial charge < -0.3 is 0 Å². The first kappa shape index (κ1) is 14.8. The molecule has 2 aromatic carbocycles. The first-order valence-electron chi connectivity index (χ1n) is 5.78. The van der Waals surface area contributed by atoms with Crippen LogP contribution >= 0.6 is 15.9 Å². The van der Waals surface area contributed by atoms with E-state index in [1.165, 1.54) is 12.1 Å². The first-order chi connectivity index (χ1) is 9.30. The molecule has 0 heterocycles. The minimum absolute atomic E-state index is 0.226. The summed E-state index contributed by atoms with van der Waals surface area (Å²) in [5, 5.41) is 0. The molecule has 0 aliphatic carbocycles. The highest BCUT2D eigenvalue weighted by atomic mass is 79.9. The Balaban J connectivity index is 2.37. The lowest BCUT2D eigenvalue weighted by Gasteiger charge is -2.09. The molecule has 5 heteroatoms. The summed E-state index contributed by atoms with van der Waals surface area (Å²) in [5.74, 6) is -0.311. The van der Waals surface area contributed by atoms with Crippen LogP contribution in [-0.4, -0.2) is 5.78 Å². The molecule has 1 nitrogen and oxygen atoms in total. The molecule has 0 aromatic heterocycles. The lowest BCUT2D eigenvalue weighted by atomic mass is 10.0.